The van der Waals surface area contributed by atoms with Crippen molar-refractivity contribution in [2.24, 2.45) is 4.99 Å². The van der Waals surface area contributed by atoms with Crippen molar-refractivity contribution in [3.63, 3.8) is 0 Å². The summed E-state index contributed by atoms with van der Waals surface area (Å²) in [6.07, 6.45) is 2.43. The van der Waals surface area contributed by atoms with E-state index in [0.717, 1.165) is 36.9 Å². The lowest BCUT2D eigenvalue weighted by Gasteiger charge is -2.11. The van der Waals surface area contributed by atoms with Gasteiger partial charge in [0.1, 0.15) is 18.7 Å². The van der Waals surface area contributed by atoms with E-state index in [9.17, 15) is 4.39 Å². The molecule has 6 nitrogen and oxygen atoms in total. The second kappa shape index (κ2) is 11.0. The molecule has 1 aromatic heterocycles. The Morgan fingerprint density at radius 3 is 2.83 bits per heavy atom. The van der Waals surface area contributed by atoms with Crippen molar-refractivity contribution in [1.29, 1.82) is 0 Å². The molecule has 0 aliphatic carbocycles. The van der Waals surface area contributed by atoms with E-state index in [1.807, 2.05) is 24.5 Å². The van der Waals surface area contributed by atoms with Crippen molar-refractivity contribution in [2.45, 2.75) is 33.4 Å². The zero-order valence-electron chi connectivity index (χ0n) is 14.0. The van der Waals surface area contributed by atoms with Gasteiger partial charge < -0.3 is 15.2 Å². The number of aromatic nitrogens is 3. The zero-order valence-corrected chi connectivity index (χ0v) is 16.3. The maximum Gasteiger partial charge on any atom is 0.191 e. The molecule has 0 amide bonds. The van der Waals surface area contributed by atoms with Crippen LogP contribution in [0.25, 0.3) is 0 Å². The van der Waals surface area contributed by atoms with Crippen LogP contribution in [0.2, 0.25) is 0 Å². The van der Waals surface area contributed by atoms with Gasteiger partial charge in [-0.15, -0.1) is 34.2 Å². The van der Waals surface area contributed by atoms with Gasteiger partial charge in [-0.05, 0) is 38.0 Å². The number of benzene rings is 1. The summed E-state index contributed by atoms with van der Waals surface area (Å²) in [5, 5.41) is 14.4. The summed E-state index contributed by atoms with van der Waals surface area (Å²) >= 11 is 0. The predicted octanol–water partition coefficient (Wildman–Crippen LogP) is 2.35. The maximum atomic E-state index is 13.2. The van der Waals surface area contributed by atoms with Crippen molar-refractivity contribution < 1.29 is 4.39 Å². The minimum atomic E-state index is -0.207. The molecule has 0 saturated carbocycles. The molecule has 0 aliphatic rings. The average Bonchev–Trinajstić information content (AvgIpc) is 3.00. The molecular formula is C16H24FIN6. The third kappa shape index (κ3) is 6.42. The molecule has 2 rings (SSSR count). The maximum absolute atomic E-state index is 13.2. The first-order valence-corrected chi connectivity index (χ1v) is 7.86. The number of nitrogens with one attached hydrogen (secondary N) is 2. The Morgan fingerprint density at radius 1 is 1.29 bits per heavy atom. The van der Waals surface area contributed by atoms with Gasteiger partial charge in [0.15, 0.2) is 11.8 Å². The van der Waals surface area contributed by atoms with Crippen LogP contribution in [0.3, 0.4) is 0 Å². The van der Waals surface area contributed by atoms with Crippen LogP contribution >= 0.6 is 24.0 Å². The fourth-order valence-electron chi connectivity index (χ4n) is 2.17. The Hall–Kier alpha value is -1.71. The van der Waals surface area contributed by atoms with Gasteiger partial charge >= 0.3 is 0 Å². The lowest BCUT2D eigenvalue weighted by molar-refractivity contribution is 0.625. The van der Waals surface area contributed by atoms with E-state index >= 15 is 0 Å². The summed E-state index contributed by atoms with van der Waals surface area (Å²) in [7, 11) is 0. The number of aliphatic imine (C=N–C) groups is 1. The molecule has 2 N–H and O–H groups in total. The fourth-order valence-corrected chi connectivity index (χ4v) is 2.17. The second-order valence-corrected chi connectivity index (χ2v) is 5.04. The molecule has 0 saturated heterocycles. The van der Waals surface area contributed by atoms with E-state index in [-0.39, 0.29) is 29.8 Å². The van der Waals surface area contributed by atoms with E-state index in [2.05, 4.69) is 25.8 Å². The van der Waals surface area contributed by atoms with Crippen LogP contribution in [0, 0.1) is 5.82 Å². The largest absolute Gasteiger partial charge is 0.357 e. The number of hydrogen-bond donors (Lipinski definition) is 2. The molecular weight excluding hydrogens is 422 g/mol. The third-order valence-electron chi connectivity index (χ3n) is 3.35. The van der Waals surface area contributed by atoms with Crippen molar-refractivity contribution in [3.8, 4) is 0 Å². The average molecular weight is 446 g/mol. The van der Waals surface area contributed by atoms with Crippen LogP contribution in [0.4, 0.5) is 4.39 Å². The standard InChI is InChI=1S/C16H23FN6.HI/c1-3-18-16(20-11-15-22-21-12-23(15)4-2)19-9-8-13-6-5-7-14(17)10-13;/h5-7,10,12H,3-4,8-9,11H2,1-2H3,(H2,18,19,20);1H. The minimum absolute atomic E-state index is 0. The van der Waals surface area contributed by atoms with Gasteiger partial charge in [0.25, 0.3) is 0 Å². The molecule has 0 bridgehead atoms. The first-order chi connectivity index (χ1) is 11.2. The van der Waals surface area contributed by atoms with Crippen LogP contribution in [0.15, 0.2) is 35.6 Å². The lowest BCUT2D eigenvalue weighted by Crippen LogP contribution is -2.38. The smallest absolute Gasteiger partial charge is 0.191 e. The number of nitrogens with zero attached hydrogens (tertiary/aromatic N) is 4. The zero-order chi connectivity index (χ0) is 16.5. The van der Waals surface area contributed by atoms with Crippen LogP contribution in [-0.4, -0.2) is 33.8 Å². The molecule has 0 radical (unpaired) electrons. The molecule has 0 atom stereocenters. The summed E-state index contributed by atoms with van der Waals surface area (Å²) in [5.41, 5.74) is 0.957. The molecule has 1 heterocycles. The van der Waals surface area contributed by atoms with E-state index in [0.29, 0.717) is 13.1 Å². The molecule has 1 aromatic carbocycles. The molecule has 8 heteroatoms. The molecule has 2 aromatic rings. The summed E-state index contributed by atoms with van der Waals surface area (Å²) in [4.78, 5) is 4.51. The van der Waals surface area contributed by atoms with Crippen LogP contribution in [0.1, 0.15) is 25.2 Å². The van der Waals surface area contributed by atoms with E-state index in [1.165, 1.54) is 6.07 Å². The number of hydrogen-bond acceptors (Lipinski definition) is 3. The summed E-state index contributed by atoms with van der Waals surface area (Å²) in [6.45, 7) is 6.78. The van der Waals surface area contributed by atoms with E-state index in [4.69, 9.17) is 0 Å². The van der Waals surface area contributed by atoms with Gasteiger partial charge in [0.05, 0.1) is 0 Å². The summed E-state index contributed by atoms with van der Waals surface area (Å²) < 4.78 is 15.1. The van der Waals surface area contributed by atoms with E-state index in [1.54, 1.807) is 18.5 Å². The quantitative estimate of drug-likeness (QED) is 0.390. The topological polar surface area (TPSA) is 67.1 Å². The van der Waals surface area contributed by atoms with Crippen molar-refractivity contribution in [1.82, 2.24) is 25.4 Å². The van der Waals surface area contributed by atoms with Crippen molar-refractivity contribution in [2.75, 3.05) is 13.1 Å². The molecule has 0 unspecified atom stereocenters. The van der Waals surface area contributed by atoms with E-state index < -0.39 is 0 Å². The molecule has 0 spiro atoms. The molecule has 24 heavy (non-hydrogen) atoms. The van der Waals surface area contributed by atoms with Gasteiger partial charge in [-0.25, -0.2) is 9.38 Å². The lowest BCUT2D eigenvalue weighted by atomic mass is 10.1. The van der Waals surface area contributed by atoms with Crippen molar-refractivity contribution in [3.05, 3.63) is 47.8 Å². The second-order valence-electron chi connectivity index (χ2n) is 5.04. The number of aryl methyl sites for hydroxylation is 1. The highest BCUT2D eigenvalue weighted by atomic mass is 127. The number of guanidine groups is 1. The van der Waals surface area contributed by atoms with Crippen LogP contribution in [0.5, 0.6) is 0 Å². The van der Waals surface area contributed by atoms with Gasteiger partial charge in [-0.3, -0.25) is 0 Å². The molecule has 0 aliphatic heterocycles. The first-order valence-electron chi connectivity index (χ1n) is 7.86. The summed E-state index contributed by atoms with van der Waals surface area (Å²) in [6, 6.07) is 6.64. The van der Waals surface area contributed by atoms with Gasteiger partial charge in [0, 0.05) is 19.6 Å². The van der Waals surface area contributed by atoms with Gasteiger partial charge in [0.2, 0.25) is 0 Å². The normalized spacial score (nSPS) is 11.0. The third-order valence-corrected chi connectivity index (χ3v) is 3.35. The molecule has 0 fully saturated rings. The Balaban J connectivity index is 0.00000288. The Kier molecular flexibility index (Phi) is 9.28. The van der Waals surface area contributed by atoms with Crippen molar-refractivity contribution >= 4 is 29.9 Å². The monoisotopic (exact) mass is 446 g/mol. The highest BCUT2D eigenvalue weighted by molar-refractivity contribution is 14.0. The van der Waals surface area contributed by atoms with Crippen LogP contribution in [-0.2, 0) is 19.5 Å². The highest BCUT2D eigenvalue weighted by Crippen LogP contribution is 2.03. The SMILES string of the molecule is CCNC(=NCc1nncn1CC)NCCc1cccc(F)c1.I. The first kappa shape index (κ1) is 20.3. The number of rotatable bonds is 7. The molecule has 132 valence electrons. The Bertz CT molecular complexity index is 643. The van der Waals surface area contributed by atoms with Gasteiger partial charge in [-0.2, -0.15) is 0 Å². The van der Waals surface area contributed by atoms with Crippen LogP contribution < -0.4 is 10.6 Å². The summed E-state index contributed by atoms with van der Waals surface area (Å²) in [5.74, 6) is 1.34. The predicted molar refractivity (Wildman–Crippen MR) is 104 cm³/mol. The Morgan fingerprint density at radius 2 is 2.12 bits per heavy atom. The Labute approximate surface area is 159 Å². The highest BCUT2D eigenvalue weighted by Gasteiger charge is 2.03. The minimum Gasteiger partial charge on any atom is -0.357 e. The number of halogens is 2. The van der Waals surface area contributed by atoms with Gasteiger partial charge in [-0.1, -0.05) is 12.1 Å². The fraction of sp³-hybridized carbons (Fsp3) is 0.438.